The van der Waals surface area contributed by atoms with Crippen molar-refractivity contribution in [1.29, 1.82) is 0 Å². The van der Waals surface area contributed by atoms with Gasteiger partial charge in [0, 0.05) is 13.0 Å². The molecule has 0 aromatic carbocycles. The molecule has 1 atom stereocenters. The van der Waals surface area contributed by atoms with E-state index in [1.165, 1.54) is 0 Å². The van der Waals surface area contributed by atoms with Gasteiger partial charge in [-0.1, -0.05) is 13.8 Å². The van der Waals surface area contributed by atoms with Gasteiger partial charge < -0.3 is 9.47 Å². The number of hydrogen-bond donors (Lipinski definition) is 0. The van der Waals surface area contributed by atoms with Crippen LogP contribution in [0, 0.1) is 12.3 Å². The van der Waals surface area contributed by atoms with Gasteiger partial charge in [0.1, 0.15) is 0 Å². The molecule has 0 saturated carbocycles. The van der Waals surface area contributed by atoms with Crippen LogP contribution in [0.4, 0.5) is 0 Å². The average molecular weight is 170 g/mol. The van der Waals surface area contributed by atoms with Crippen LogP contribution in [-0.2, 0) is 9.47 Å². The molecule has 0 heterocycles. The minimum absolute atomic E-state index is 0.0710. The molecule has 0 saturated heterocycles. The van der Waals surface area contributed by atoms with Crippen molar-refractivity contribution in [2.24, 2.45) is 0 Å². The van der Waals surface area contributed by atoms with Gasteiger partial charge in [-0.3, -0.25) is 0 Å². The van der Waals surface area contributed by atoms with Gasteiger partial charge in [-0.2, -0.15) is 0 Å². The number of rotatable bonds is 7. The summed E-state index contributed by atoms with van der Waals surface area (Å²) < 4.78 is 10.8. The molecule has 0 spiro atoms. The van der Waals surface area contributed by atoms with Crippen LogP contribution in [-0.4, -0.2) is 19.5 Å². The molecule has 0 aliphatic heterocycles. The minimum atomic E-state index is -0.0710. The fourth-order valence-electron chi connectivity index (χ4n) is 0.782. The van der Waals surface area contributed by atoms with Crippen molar-refractivity contribution in [1.82, 2.24) is 0 Å². The van der Waals surface area contributed by atoms with Crippen molar-refractivity contribution in [3.8, 4) is 12.3 Å². The molecular formula is C10H18O2. The third kappa shape index (κ3) is 6.21. The Labute approximate surface area is 75.3 Å². The molecule has 70 valence electrons. The lowest BCUT2D eigenvalue weighted by Gasteiger charge is -2.15. The summed E-state index contributed by atoms with van der Waals surface area (Å²) in [5, 5.41) is 0. The Morgan fingerprint density at radius 3 is 2.42 bits per heavy atom. The normalized spacial score (nSPS) is 12.4. The Balaban J connectivity index is 3.34. The van der Waals surface area contributed by atoms with Crippen molar-refractivity contribution >= 4 is 0 Å². The van der Waals surface area contributed by atoms with E-state index in [4.69, 9.17) is 15.9 Å². The van der Waals surface area contributed by atoms with Crippen LogP contribution >= 0.6 is 0 Å². The highest BCUT2D eigenvalue weighted by Gasteiger charge is 2.04. The Morgan fingerprint density at radius 1 is 1.25 bits per heavy atom. The number of terminal acetylenes is 1. The highest BCUT2D eigenvalue weighted by Crippen LogP contribution is 2.01. The highest BCUT2D eigenvalue weighted by atomic mass is 16.7. The van der Waals surface area contributed by atoms with Crippen molar-refractivity contribution in [3.63, 3.8) is 0 Å². The second-order valence-electron chi connectivity index (χ2n) is 2.53. The third-order valence-electron chi connectivity index (χ3n) is 1.39. The molecule has 0 aliphatic rings. The molecule has 0 aromatic heterocycles. The van der Waals surface area contributed by atoms with E-state index in [-0.39, 0.29) is 6.29 Å². The van der Waals surface area contributed by atoms with E-state index in [1.54, 1.807) is 0 Å². The zero-order valence-corrected chi connectivity index (χ0v) is 8.01. The monoisotopic (exact) mass is 170 g/mol. The highest BCUT2D eigenvalue weighted by molar-refractivity contribution is 4.82. The van der Waals surface area contributed by atoms with Crippen LogP contribution in [0.25, 0.3) is 0 Å². The van der Waals surface area contributed by atoms with E-state index in [0.29, 0.717) is 13.0 Å². The second kappa shape index (κ2) is 8.58. The zero-order valence-electron chi connectivity index (χ0n) is 8.01. The summed E-state index contributed by atoms with van der Waals surface area (Å²) in [6, 6.07) is 0. The summed E-state index contributed by atoms with van der Waals surface area (Å²) in [5.41, 5.74) is 0. The molecule has 12 heavy (non-hydrogen) atoms. The van der Waals surface area contributed by atoms with Crippen LogP contribution in [0.3, 0.4) is 0 Å². The van der Waals surface area contributed by atoms with E-state index < -0.39 is 0 Å². The van der Waals surface area contributed by atoms with Crippen molar-refractivity contribution < 1.29 is 9.47 Å². The lowest BCUT2D eigenvalue weighted by atomic mass is 10.4. The van der Waals surface area contributed by atoms with Crippen LogP contribution in [0.2, 0.25) is 0 Å². The van der Waals surface area contributed by atoms with Gasteiger partial charge in [0.2, 0.25) is 0 Å². The standard InChI is InChI=1S/C10H18O2/c1-4-7-9-12-10(6-3)11-8-5-2/h1,10H,5-9H2,2-3H3. The molecular weight excluding hydrogens is 152 g/mol. The lowest BCUT2D eigenvalue weighted by molar-refractivity contribution is -0.142. The molecule has 2 nitrogen and oxygen atoms in total. The fourth-order valence-corrected chi connectivity index (χ4v) is 0.782. The molecule has 0 aliphatic carbocycles. The van der Waals surface area contributed by atoms with Crippen LogP contribution < -0.4 is 0 Å². The maximum atomic E-state index is 5.40. The van der Waals surface area contributed by atoms with Crippen LogP contribution in [0.5, 0.6) is 0 Å². The molecule has 2 heteroatoms. The summed E-state index contributed by atoms with van der Waals surface area (Å²) in [7, 11) is 0. The first-order chi connectivity index (χ1) is 5.85. The Morgan fingerprint density at radius 2 is 1.92 bits per heavy atom. The Kier molecular flexibility index (Phi) is 8.20. The molecule has 0 N–H and O–H groups in total. The van der Waals surface area contributed by atoms with Crippen molar-refractivity contribution in [3.05, 3.63) is 0 Å². The van der Waals surface area contributed by atoms with Gasteiger partial charge in [-0.05, 0) is 12.8 Å². The maximum absolute atomic E-state index is 5.40. The van der Waals surface area contributed by atoms with E-state index in [0.717, 1.165) is 19.4 Å². The summed E-state index contributed by atoms with van der Waals surface area (Å²) in [6.45, 7) is 5.47. The molecule has 0 radical (unpaired) electrons. The molecule has 1 unspecified atom stereocenters. The molecule has 0 rings (SSSR count). The van der Waals surface area contributed by atoms with Crippen molar-refractivity contribution in [2.75, 3.05) is 13.2 Å². The fraction of sp³-hybridized carbons (Fsp3) is 0.800. The first-order valence-corrected chi connectivity index (χ1v) is 4.51. The van der Waals surface area contributed by atoms with Crippen LogP contribution in [0.15, 0.2) is 0 Å². The van der Waals surface area contributed by atoms with Crippen LogP contribution in [0.1, 0.15) is 33.1 Å². The summed E-state index contributed by atoms with van der Waals surface area (Å²) >= 11 is 0. The van der Waals surface area contributed by atoms with Gasteiger partial charge in [-0.25, -0.2) is 0 Å². The largest absolute Gasteiger partial charge is 0.353 e. The predicted octanol–water partition coefficient (Wildman–Crippen LogP) is 2.19. The van der Waals surface area contributed by atoms with Gasteiger partial charge >= 0.3 is 0 Å². The number of hydrogen-bond acceptors (Lipinski definition) is 2. The molecule has 0 bridgehead atoms. The molecule has 0 amide bonds. The quantitative estimate of drug-likeness (QED) is 0.331. The van der Waals surface area contributed by atoms with E-state index in [9.17, 15) is 0 Å². The SMILES string of the molecule is C#CCCOC(CC)OCCC. The molecule has 0 fully saturated rings. The van der Waals surface area contributed by atoms with E-state index >= 15 is 0 Å². The predicted molar refractivity (Wildman–Crippen MR) is 49.7 cm³/mol. The van der Waals surface area contributed by atoms with Gasteiger partial charge in [0.15, 0.2) is 6.29 Å². The first-order valence-electron chi connectivity index (χ1n) is 4.51. The minimum Gasteiger partial charge on any atom is -0.353 e. The summed E-state index contributed by atoms with van der Waals surface area (Å²) in [5.74, 6) is 2.52. The maximum Gasteiger partial charge on any atom is 0.157 e. The second-order valence-corrected chi connectivity index (χ2v) is 2.53. The zero-order chi connectivity index (χ0) is 9.23. The topological polar surface area (TPSA) is 18.5 Å². The Bertz CT molecular complexity index is 126. The number of ether oxygens (including phenoxy) is 2. The lowest BCUT2D eigenvalue weighted by Crippen LogP contribution is -2.17. The molecule has 0 aromatic rings. The van der Waals surface area contributed by atoms with Gasteiger partial charge in [0.25, 0.3) is 0 Å². The smallest absolute Gasteiger partial charge is 0.157 e. The van der Waals surface area contributed by atoms with Gasteiger partial charge in [0.05, 0.1) is 6.61 Å². The summed E-state index contributed by atoms with van der Waals surface area (Å²) in [6.07, 6.45) is 7.58. The Hall–Kier alpha value is -0.520. The third-order valence-corrected chi connectivity index (χ3v) is 1.39. The van der Waals surface area contributed by atoms with Gasteiger partial charge in [-0.15, -0.1) is 12.3 Å². The summed E-state index contributed by atoms with van der Waals surface area (Å²) in [4.78, 5) is 0. The average Bonchev–Trinajstić information content (AvgIpc) is 2.11. The van der Waals surface area contributed by atoms with Crippen molar-refractivity contribution in [2.45, 2.75) is 39.4 Å². The van der Waals surface area contributed by atoms with E-state index in [2.05, 4.69) is 12.8 Å². The first kappa shape index (κ1) is 11.5. The van der Waals surface area contributed by atoms with E-state index in [1.807, 2.05) is 6.92 Å².